The average Bonchev–Trinajstić information content (AvgIpc) is 3.36. The van der Waals surface area contributed by atoms with Crippen LogP contribution in [0.1, 0.15) is 26.7 Å². The minimum absolute atomic E-state index is 0.153. The second-order valence-corrected chi connectivity index (χ2v) is 7.69. The summed E-state index contributed by atoms with van der Waals surface area (Å²) in [6.45, 7) is 2.00. The number of carbonyl (C=O) groups is 1. The van der Waals surface area contributed by atoms with E-state index in [9.17, 15) is 9.59 Å². The third-order valence-corrected chi connectivity index (χ3v) is 5.45. The van der Waals surface area contributed by atoms with Gasteiger partial charge in [-0.2, -0.15) is 0 Å². The number of aromatic nitrogens is 4. The fraction of sp³-hybridized carbons (Fsp3) is 0.143. The molecular weight excluding hydrogens is 372 g/mol. The minimum atomic E-state index is -0.175. The van der Waals surface area contributed by atoms with Crippen LogP contribution in [0.2, 0.25) is 0 Å². The summed E-state index contributed by atoms with van der Waals surface area (Å²) in [5, 5.41) is 0. The maximum atomic E-state index is 12.3. The first-order valence-electron chi connectivity index (χ1n) is 8.86. The minimum Gasteiger partial charge on any atom is -0.306 e. The summed E-state index contributed by atoms with van der Waals surface area (Å²) in [5.41, 5.74) is 2.40. The molecule has 0 amide bonds. The highest BCUT2D eigenvalue weighted by Gasteiger charge is 2.10. The summed E-state index contributed by atoms with van der Waals surface area (Å²) in [6, 6.07) is 11.4. The Morgan fingerprint density at radius 1 is 1.11 bits per heavy atom. The Morgan fingerprint density at radius 3 is 2.61 bits per heavy atom. The van der Waals surface area contributed by atoms with Crippen LogP contribution in [-0.4, -0.2) is 24.9 Å². The van der Waals surface area contributed by atoms with Gasteiger partial charge in [-0.1, -0.05) is 0 Å². The zero-order chi connectivity index (χ0) is 19.5. The Balaban J connectivity index is 1.45. The molecular formula is C21H18N4O2S. The molecule has 0 fully saturated rings. The maximum Gasteiger partial charge on any atom is 0.273 e. The molecule has 0 spiro atoms. The summed E-state index contributed by atoms with van der Waals surface area (Å²) in [4.78, 5) is 34.3. The number of benzene rings is 1. The van der Waals surface area contributed by atoms with Crippen molar-refractivity contribution < 1.29 is 4.79 Å². The van der Waals surface area contributed by atoms with Gasteiger partial charge in [-0.05, 0) is 49.7 Å². The molecule has 28 heavy (non-hydrogen) atoms. The van der Waals surface area contributed by atoms with Gasteiger partial charge in [0.15, 0.2) is 5.78 Å². The summed E-state index contributed by atoms with van der Waals surface area (Å²) in [7, 11) is 0. The standard InChI is InChI=1S/C21H18N4O2S/c1-15-2-9-20(28-15)19(26)8-3-16-13-24(14-23-16)17-4-6-18(7-5-17)25-11-10-22-12-21(25)27/h2,4-7,9-14H,3,8H2,1H3. The van der Waals surface area contributed by atoms with Crippen LogP contribution in [0.3, 0.4) is 0 Å². The third kappa shape index (κ3) is 3.84. The highest BCUT2D eigenvalue weighted by molar-refractivity contribution is 7.14. The van der Waals surface area contributed by atoms with Gasteiger partial charge in [0.2, 0.25) is 0 Å². The van der Waals surface area contributed by atoms with Crippen LogP contribution in [0.5, 0.6) is 0 Å². The van der Waals surface area contributed by atoms with Crippen LogP contribution in [0.25, 0.3) is 11.4 Å². The molecule has 140 valence electrons. The molecule has 4 rings (SSSR count). The molecule has 0 aliphatic carbocycles. The van der Waals surface area contributed by atoms with Crippen LogP contribution in [-0.2, 0) is 6.42 Å². The van der Waals surface area contributed by atoms with Gasteiger partial charge >= 0.3 is 0 Å². The monoisotopic (exact) mass is 390 g/mol. The highest BCUT2D eigenvalue weighted by atomic mass is 32.1. The Labute approximate surface area is 165 Å². The molecule has 6 nitrogen and oxygen atoms in total. The first-order chi connectivity index (χ1) is 13.6. The van der Waals surface area contributed by atoms with Crippen molar-refractivity contribution in [3.05, 3.63) is 93.3 Å². The molecule has 0 unspecified atom stereocenters. The third-order valence-electron chi connectivity index (χ3n) is 4.41. The number of carbonyl (C=O) groups excluding carboxylic acids is 1. The van der Waals surface area contributed by atoms with Crippen molar-refractivity contribution in [3.63, 3.8) is 0 Å². The van der Waals surface area contributed by atoms with Crippen molar-refractivity contribution in [2.75, 3.05) is 0 Å². The van der Waals surface area contributed by atoms with Crippen molar-refractivity contribution in [3.8, 4) is 11.4 Å². The van der Waals surface area contributed by atoms with Crippen molar-refractivity contribution in [2.45, 2.75) is 19.8 Å². The van der Waals surface area contributed by atoms with Gasteiger partial charge in [-0.15, -0.1) is 11.3 Å². The molecule has 3 heterocycles. The number of thiophene rings is 1. The first-order valence-corrected chi connectivity index (χ1v) is 9.68. The lowest BCUT2D eigenvalue weighted by molar-refractivity contribution is 0.0986. The summed E-state index contributed by atoms with van der Waals surface area (Å²) < 4.78 is 3.45. The van der Waals surface area contributed by atoms with Crippen molar-refractivity contribution in [1.29, 1.82) is 0 Å². The van der Waals surface area contributed by atoms with Gasteiger partial charge in [0.25, 0.3) is 5.56 Å². The molecule has 0 atom stereocenters. The number of nitrogens with zero attached hydrogens (tertiary/aromatic N) is 4. The number of Topliss-reactive ketones (excluding diaryl/α,β-unsaturated/α-hetero) is 1. The smallest absolute Gasteiger partial charge is 0.273 e. The molecule has 1 aromatic carbocycles. The predicted octanol–water partition coefficient (Wildman–Crippen LogP) is 3.60. The van der Waals surface area contributed by atoms with Gasteiger partial charge < -0.3 is 4.57 Å². The molecule has 4 aromatic rings. The van der Waals surface area contributed by atoms with Crippen molar-refractivity contribution in [1.82, 2.24) is 19.1 Å². The van der Waals surface area contributed by atoms with Crippen LogP contribution in [0, 0.1) is 6.92 Å². The predicted molar refractivity (Wildman–Crippen MR) is 109 cm³/mol. The summed E-state index contributed by atoms with van der Waals surface area (Å²) in [6.07, 6.45) is 9.22. The van der Waals surface area contributed by atoms with E-state index in [0.29, 0.717) is 12.8 Å². The SMILES string of the molecule is Cc1ccc(C(=O)CCc2cn(-c3ccc(-n4ccncc4=O)cc3)cn2)s1. The zero-order valence-electron chi connectivity index (χ0n) is 15.3. The van der Waals surface area contributed by atoms with Gasteiger partial charge in [0.1, 0.15) is 0 Å². The second kappa shape index (κ2) is 7.74. The van der Waals surface area contributed by atoms with E-state index in [1.165, 1.54) is 22.1 Å². The fourth-order valence-corrected chi connectivity index (χ4v) is 3.76. The van der Waals surface area contributed by atoms with Crippen molar-refractivity contribution >= 4 is 17.1 Å². The quantitative estimate of drug-likeness (QED) is 0.472. The molecule has 7 heteroatoms. The van der Waals surface area contributed by atoms with E-state index >= 15 is 0 Å². The summed E-state index contributed by atoms with van der Waals surface area (Å²) in [5.74, 6) is 0.153. The Morgan fingerprint density at radius 2 is 1.89 bits per heavy atom. The van der Waals surface area contributed by atoms with E-state index in [-0.39, 0.29) is 11.3 Å². The lowest BCUT2D eigenvalue weighted by atomic mass is 10.1. The molecule has 0 radical (unpaired) electrons. The molecule has 3 aromatic heterocycles. The molecule has 0 bridgehead atoms. The van der Waals surface area contributed by atoms with E-state index in [2.05, 4.69) is 9.97 Å². The van der Waals surface area contributed by atoms with Gasteiger partial charge in [-0.3, -0.25) is 19.1 Å². The number of ketones is 1. The fourth-order valence-electron chi connectivity index (χ4n) is 2.93. The van der Waals surface area contributed by atoms with Gasteiger partial charge in [-0.25, -0.2) is 4.98 Å². The topological polar surface area (TPSA) is 69.8 Å². The van der Waals surface area contributed by atoms with E-state index < -0.39 is 0 Å². The number of aryl methyl sites for hydroxylation is 2. The van der Waals surface area contributed by atoms with Crippen LogP contribution >= 0.6 is 11.3 Å². The molecule has 0 saturated carbocycles. The number of imidazole rings is 1. The normalized spacial score (nSPS) is 10.9. The Hall–Kier alpha value is -3.32. The zero-order valence-corrected chi connectivity index (χ0v) is 16.1. The lowest BCUT2D eigenvalue weighted by Gasteiger charge is -2.06. The largest absolute Gasteiger partial charge is 0.306 e. The molecule has 0 N–H and O–H groups in total. The highest BCUT2D eigenvalue weighted by Crippen LogP contribution is 2.18. The van der Waals surface area contributed by atoms with Crippen LogP contribution in [0.15, 0.2) is 72.3 Å². The molecule has 0 aliphatic heterocycles. The number of hydrogen-bond donors (Lipinski definition) is 0. The number of rotatable bonds is 6. The van der Waals surface area contributed by atoms with E-state index in [1.54, 1.807) is 18.7 Å². The molecule has 0 aliphatic rings. The Bertz CT molecular complexity index is 1170. The van der Waals surface area contributed by atoms with Gasteiger partial charge in [0, 0.05) is 41.3 Å². The van der Waals surface area contributed by atoms with E-state index in [1.807, 2.05) is 54.1 Å². The number of hydrogen-bond acceptors (Lipinski definition) is 5. The lowest BCUT2D eigenvalue weighted by Crippen LogP contribution is -2.16. The Kier molecular flexibility index (Phi) is 4.99. The first kappa shape index (κ1) is 18.1. The van der Waals surface area contributed by atoms with Crippen molar-refractivity contribution in [2.24, 2.45) is 0 Å². The average molecular weight is 390 g/mol. The van der Waals surface area contributed by atoms with Crippen LogP contribution < -0.4 is 5.56 Å². The summed E-state index contributed by atoms with van der Waals surface area (Å²) >= 11 is 1.53. The molecule has 0 saturated heterocycles. The second-order valence-electron chi connectivity index (χ2n) is 6.41. The van der Waals surface area contributed by atoms with Gasteiger partial charge in [0.05, 0.1) is 23.1 Å². The van der Waals surface area contributed by atoms with Crippen LogP contribution in [0.4, 0.5) is 0 Å². The van der Waals surface area contributed by atoms with E-state index in [0.717, 1.165) is 26.8 Å². The maximum absolute atomic E-state index is 12.3. The van der Waals surface area contributed by atoms with E-state index in [4.69, 9.17) is 0 Å².